The van der Waals surface area contributed by atoms with Crippen molar-refractivity contribution in [1.29, 1.82) is 0 Å². The molecular formula is C48H68N2O4. The molecule has 0 radical (unpaired) electrons. The van der Waals surface area contributed by atoms with E-state index in [1.54, 1.807) is 5.57 Å². The number of allylic oxidation sites excluding steroid dienone is 1. The van der Waals surface area contributed by atoms with E-state index in [1.807, 2.05) is 24.3 Å². The summed E-state index contributed by atoms with van der Waals surface area (Å²) in [5, 5.41) is 13.1. The average molecular weight is 737 g/mol. The van der Waals surface area contributed by atoms with Crippen LogP contribution in [-0.4, -0.2) is 54.4 Å². The summed E-state index contributed by atoms with van der Waals surface area (Å²) in [4.78, 5) is 26.5. The number of carbonyl (C=O) groups excluding carboxylic acids is 1. The molecule has 2 N–H and O–H groups in total. The Morgan fingerprint density at radius 3 is 2.33 bits per heavy atom. The maximum Gasteiger partial charge on any atom is 0.407 e. The first kappa shape index (κ1) is 39.1. The second-order valence-electron chi connectivity index (χ2n) is 18.9. The minimum absolute atomic E-state index is 0.0336. The SMILES string of the molecule is CC(C)CCC[C@@H](C)[C@H]1CCC2C3CC=C4C[C@@H](OCCCNC(=O)CCN(CC5c6ccccc6-c6ccccc65)C(=O)O)CC[C@]4(C)C3CC[C@@]21C. The number of ether oxygens (including phenoxy) is 1. The van der Waals surface area contributed by atoms with Crippen LogP contribution in [0.2, 0.25) is 0 Å². The van der Waals surface area contributed by atoms with Crippen molar-refractivity contribution in [1.82, 2.24) is 10.2 Å². The Morgan fingerprint density at radius 2 is 1.63 bits per heavy atom. The van der Waals surface area contributed by atoms with E-state index < -0.39 is 6.09 Å². The van der Waals surface area contributed by atoms with Crippen LogP contribution in [0.15, 0.2) is 60.2 Å². The Hall–Kier alpha value is -3.12. The highest BCUT2D eigenvalue weighted by Crippen LogP contribution is 2.67. The molecule has 54 heavy (non-hydrogen) atoms. The molecule has 0 saturated heterocycles. The third kappa shape index (κ3) is 7.80. The van der Waals surface area contributed by atoms with E-state index in [0.29, 0.717) is 30.5 Å². The topological polar surface area (TPSA) is 78.9 Å². The lowest BCUT2D eigenvalue weighted by atomic mass is 9.47. The summed E-state index contributed by atoms with van der Waals surface area (Å²) < 4.78 is 6.45. The lowest BCUT2D eigenvalue weighted by Gasteiger charge is -2.58. The quantitative estimate of drug-likeness (QED) is 0.141. The van der Waals surface area contributed by atoms with Crippen molar-refractivity contribution in [2.75, 3.05) is 26.2 Å². The van der Waals surface area contributed by atoms with Gasteiger partial charge in [-0.2, -0.15) is 0 Å². The average Bonchev–Trinajstić information content (AvgIpc) is 3.67. The van der Waals surface area contributed by atoms with E-state index in [1.165, 1.54) is 73.8 Å². The predicted molar refractivity (Wildman–Crippen MR) is 218 cm³/mol. The molecule has 7 rings (SSSR count). The summed E-state index contributed by atoms with van der Waals surface area (Å²) in [5.74, 6) is 5.00. The fourth-order valence-electron chi connectivity index (χ4n) is 12.6. The Balaban J connectivity index is 0.839. The molecule has 8 atom stereocenters. The predicted octanol–water partition coefficient (Wildman–Crippen LogP) is 11.1. The van der Waals surface area contributed by atoms with Crippen LogP contribution < -0.4 is 5.32 Å². The standard InChI is InChI=1S/C48H68N2O4/c1-32(2)12-10-13-33(3)42-20-21-43-40-19-18-34-30-35(22-25-47(34,4)44(40)23-26-48(42,43)5)54-29-11-27-49-45(51)24-28-50(46(52)53)31-41-38-16-8-6-14-36(38)37-15-7-9-17-39(37)41/h6-9,14-18,32-33,35,40-44H,10-13,19-31H2,1-5H3,(H,49,51)(H,52,53)/t33-,35+,40?,42-,43?,44?,47+,48-/m1/s1. The molecule has 0 heterocycles. The van der Waals surface area contributed by atoms with Crippen molar-refractivity contribution in [2.45, 2.75) is 130 Å². The molecule has 2 aromatic carbocycles. The summed E-state index contributed by atoms with van der Waals surface area (Å²) in [7, 11) is 0. The van der Waals surface area contributed by atoms with Crippen molar-refractivity contribution < 1.29 is 19.4 Å². The first-order chi connectivity index (χ1) is 26.0. The first-order valence-electron chi connectivity index (χ1n) is 21.7. The molecule has 3 fully saturated rings. The summed E-state index contributed by atoms with van der Waals surface area (Å²) in [6.07, 6.45) is 17.4. The smallest absolute Gasteiger partial charge is 0.407 e. The minimum Gasteiger partial charge on any atom is -0.465 e. The summed E-state index contributed by atoms with van der Waals surface area (Å²) in [5.41, 5.74) is 7.16. The highest BCUT2D eigenvalue weighted by atomic mass is 16.5. The monoisotopic (exact) mass is 737 g/mol. The number of fused-ring (bicyclic) bond motifs is 8. The summed E-state index contributed by atoms with van der Waals surface area (Å²) in [6, 6.07) is 16.5. The molecule has 294 valence electrons. The van der Waals surface area contributed by atoms with E-state index in [4.69, 9.17) is 4.74 Å². The molecule has 0 spiro atoms. The van der Waals surface area contributed by atoms with Gasteiger partial charge < -0.3 is 20.1 Å². The van der Waals surface area contributed by atoms with Crippen LogP contribution in [0.3, 0.4) is 0 Å². The fourth-order valence-corrected chi connectivity index (χ4v) is 12.6. The number of benzene rings is 2. The maximum absolute atomic E-state index is 12.8. The first-order valence-corrected chi connectivity index (χ1v) is 21.7. The van der Waals surface area contributed by atoms with E-state index in [2.05, 4.69) is 70.3 Å². The fraction of sp³-hybridized carbons (Fsp3) is 0.667. The number of carbonyl (C=O) groups is 2. The normalized spacial score (nSPS) is 30.4. The van der Waals surface area contributed by atoms with Crippen molar-refractivity contribution in [2.24, 2.45) is 46.3 Å². The van der Waals surface area contributed by atoms with E-state index in [9.17, 15) is 14.7 Å². The molecule has 0 aromatic heterocycles. The van der Waals surface area contributed by atoms with Gasteiger partial charge in [0.25, 0.3) is 0 Å². The van der Waals surface area contributed by atoms with Gasteiger partial charge in [0.15, 0.2) is 0 Å². The number of hydrogen-bond acceptors (Lipinski definition) is 3. The Morgan fingerprint density at radius 1 is 0.907 bits per heavy atom. The van der Waals surface area contributed by atoms with Crippen LogP contribution in [0.4, 0.5) is 4.79 Å². The van der Waals surface area contributed by atoms with Gasteiger partial charge in [-0.3, -0.25) is 4.79 Å². The van der Waals surface area contributed by atoms with Crippen LogP contribution >= 0.6 is 0 Å². The number of hydrogen-bond donors (Lipinski definition) is 2. The van der Waals surface area contributed by atoms with Crippen molar-refractivity contribution in [3.05, 3.63) is 71.3 Å². The molecular weight excluding hydrogens is 669 g/mol. The third-order valence-electron chi connectivity index (χ3n) is 15.5. The zero-order chi connectivity index (χ0) is 38.0. The number of nitrogens with zero attached hydrogens (tertiary/aromatic N) is 1. The highest BCUT2D eigenvalue weighted by Gasteiger charge is 2.59. The second-order valence-corrected chi connectivity index (χ2v) is 18.9. The summed E-state index contributed by atoms with van der Waals surface area (Å²) in [6.45, 7) is 14.3. The molecule has 5 aliphatic rings. The lowest BCUT2D eigenvalue weighted by molar-refractivity contribution is -0.121. The van der Waals surface area contributed by atoms with Gasteiger partial charge in [0, 0.05) is 38.6 Å². The molecule has 6 nitrogen and oxygen atoms in total. The van der Waals surface area contributed by atoms with Gasteiger partial charge in [0.2, 0.25) is 5.91 Å². The highest BCUT2D eigenvalue weighted by molar-refractivity contribution is 5.79. The van der Waals surface area contributed by atoms with Crippen LogP contribution in [0.5, 0.6) is 0 Å². The number of carboxylic acid groups (broad SMARTS) is 1. The molecule has 6 heteroatoms. The molecule has 0 bridgehead atoms. The molecule has 5 aliphatic carbocycles. The zero-order valence-corrected chi connectivity index (χ0v) is 34.0. The van der Waals surface area contributed by atoms with Crippen molar-refractivity contribution in [3.63, 3.8) is 0 Å². The maximum atomic E-state index is 12.8. The third-order valence-corrected chi connectivity index (χ3v) is 15.5. The van der Waals surface area contributed by atoms with Gasteiger partial charge in [-0.25, -0.2) is 4.79 Å². The zero-order valence-electron chi connectivity index (χ0n) is 34.0. The number of nitrogens with one attached hydrogen (secondary N) is 1. The van der Waals surface area contributed by atoms with E-state index in [0.717, 1.165) is 65.9 Å². The van der Waals surface area contributed by atoms with Gasteiger partial charge in [0.1, 0.15) is 0 Å². The Bertz CT molecular complexity index is 1620. The Kier molecular flexibility index (Phi) is 12.0. The van der Waals surface area contributed by atoms with Gasteiger partial charge in [-0.05, 0) is 126 Å². The van der Waals surface area contributed by atoms with Gasteiger partial charge in [0.05, 0.1) is 6.10 Å². The van der Waals surface area contributed by atoms with E-state index in [-0.39, 0.29) is 30.9 Å². The van der Waals surface area contributed by atoms with E-state index >= 15 is 0 Å². The largest absolute Gasteiger partial charge is 0.465 e. The van der Waals surface area contributed by atoms with Crippen LogP contribution in [0.1, 0.15) is 135 Å². The molecule has 2 aromatic rings. The minimum atomic E-state index is -0.989. The van der Waals surface area contributed by atoms with Crippen LogP contribution in [-0.2, 0) is 9.53 Å². The van der Waals surface area contributed by atoms with Crippen LogP contribution in [0.25, 0.3) is 11.1 Å². The van der Waals surface area contributed by atoms with Crippen molar-refractivity contribution in [3.8, 4) is 11.1 Å². The van der Waals surface area contributed by atoms with Gasteiger partial charge in [-0.1, -0.05) is 114 Å². The van der Waals surface area contributed by atoms with Crippen molar-refractivity contribution >= 4 is 12.0 Å². The number of rotatable bonds is 15. The molecule has 3 saturated carbocycles. The van der Waals surface area contributed by atoms with Gasteiger partial charge >= 0.3 is 6.09 Å². The molecule has 2 amide bonds. The van der Waals surface area contributed by atoms with Gasteiger partial charge in [-0.15, -0.1) is 0 Å². The van der Waals surface area contributed by atoms with Crippen LogP contribution in [0, 0.1) is 46.3 Å². The molecule has 0 aliphatic heterocycles. The molecule has 3 unspecified atom stereocenters. The lowest BCUT2D eigenvalue weighted by Crippen LogP contribution is -2.51. The number of amides is 2. The summed E-state index contributed by atoms with van der Waals surface area (Å²) >= 11 is 0. The Labute approximate surface area is 325 Å². The second kappa shape index (κ2) is 16.5.